The Hall–Kier alpha value is -3.17. The number of benzene rings is 2. The molecule has 7 nitrogen and oxygen atoms in total. The summed E-state index contributed by atoms with van der Waals surface area (Å²) in [5.74, 6) is 0.201. The van der Waals surface area contributed by atoms with Crippen molar-refractivity contribution in [2.75, 3.05) is 13.7 Å². The van der Waals surface area contributed by atoms with Crippen LogP contribution in [0.15, 0.2) is 68.0 Å². The molecule has 0 bridgehead atoms. The standard InChI is InChI=1S/C24H21BrN2O5S/c1-4-32-23(30)20-13(2)26-24-27(21(20)14-5-8-17(31-3)9-6-14)22(29)19(33-24)12-15-11-16(25)7-10-18(15)28/h5-12,21,28H,4H2,1-3H3/b19-12+/t21-/m1/s1. The van der Waals surface area contributed by atoms with Crippen molar-refractivity contribution in [3.05, 3.63) is 89.0 Å². The second-order valence-corrected chi connectivity index (χ2v) is 9.20. The number of methoxy groups -OCH3 is 1. The summed E-state index contributed by atoms with van der Waals surface area (Å²) in [6.07, 6.45) is 1.62. The molecule has 170 valence electrons. The molecule has 4 rings (SSSR count). The van der Waals surface area contributed by atoms with Crippen molar-refractivity contribution in [2.24, 2.45) is 4.99 Å². The zero-order valence-corrected chi connectivity index (χ0v) is 20.6. The molecule has 9 heteroatoms. The number of hydrogen-bond acceptors (Lipinski definition) is 7. The van der Waals surface area contributed by atoms with Gasteiger partial charge in [-0.2, -0.15) is 0 Å². The average molecular weight is 529 g/mol. The monoisotopic (exact) mass is 528 g/mol. The Labute approximate surface area is 202 Å². The van der Waals surface area contributed by atoms with Crippen molar-refractivity contribution in [3.8, 4) is 11.5 Å². The van der Waals surface area contributed by atoms with E-state index in [4.69, 9.17) is 9.47 Å². The fourth-order valence-corrected chi connectivity index (χ4v) is 5.09. The zero-order valence-electron chi connectivity index (χ0n) is 18.2. The van der Waals surface area contributed by atoms with Gasteiger partial charge in [-0.1, -0.05) is 39.4 Å². The fraction of sp³-hybridized carbons (Fsp3) is 0.208. The van der Waals surface area contributed by atoms with Crippen molar-refractivity contribution in [1.29, 1.82) is 0 Å². The Morgan fingerprint density at radius 3 is 2.67 bits per heavy atom. The molecule has 1 atom stereocenters. The highest BCUT2D eigenvalue weighted by atomic mass is 79.9. The maximum Gasteiger partial charge on any atom is 0.338 e. The van der Waals surface area contributed by atoms with E-state index in [0.29, 0.717) is 31.9 Å². The highest BCUT2D eigenvalue weighted by molar-refractivity contribution is 9.10. The molecule has 33 heavy (non-hydrogen) atoms. The molecule has 2 aromatic carbocycles. The minimum Gasteiger partial charge on any atom is -0.507 e. The lowest BCUT2D eigenvalue weighted by Gasteiger charge is -2.24. The summed E-state index contributed by atoms with van der Waals surface area (Å²) in [5.41, 5.74) is 1.72. The number of ether oxygens (including phenoxy) is 2. The van der Waals surface area contributed by atoms with Gasteiger partial charge in [0.25, 0.3) is 5.56 Å². The number of carbonyl (C=O) groups excluding carboxylic acids is 1. The van der Waals surface area contributed by atoms with Gasteiger partial charge in [-0.25, -0.2) is 9.79 Å². The van der Waals surface area contributed by atoms with Gasteiger partial charge in [-0.05, 0) is 55.8 Å². The molecule has 0 aliphatic carbocycles. The maximum atomic E-state index is 13.5. The minimum absolute atomic E-state index is 0.0548. The summed E-state index contributed by atoms with van der Waals surface area (Å²) >= 11 is 4.58. The third kappa shape index (κ3) is 4.38. The van der Waals surface area contributed by atoms with Crippen LogP contribution in [0.2, 0.25) is 0 Å². The third-order valence-electron chi connectivity index (χ3n) is 5.22. The molecule has 1 aliphatic rings. The van der Waals surface area contributed by atoms with Gasteiger partial charge >= 0.3 is 5.97 Å². The Morgan fingerprint density at radius 2 is 2.00 bits per heavy atom. The summed E-state index contributed by atoms with van der Waals surface area (Å²) in [6.45, 7) is 3.67. The second-order valence-electron chi connectivity index (χ2n) is 7.28. The number of phenolic OH excluding ortho intramolecular Hbond substituents is 1. The Bertz CT molecular complexity index is 1440. The van der Waals surface area contributed by atoms with Crippen LogP contribution in [0.5, 0.6) is 11.5 Å². The van der Waals surface area contributed by atoms with E-state index in [9.17, 15) is 14.7 Å². The number of aromatic nitrogens is 1. The minimum atomic E-state index is -0.704. The van der Waals surface area contributed by atoms with E-state index >= 15 is 0 Å². The van der Waals surface area contributed by atoms with Crippen molar-refractivity contribution in [1.82, 2.24) is 4.57 Å². The van der Waals surface area contributed by atoms with Crippen LogP contribution in [0.1, 0.15) is 31.0 Å². The van der Waals surface area contributed by atoms with Crippen LogP contribution >= 0.6 is 27.3 Å². The van der Waals surface area contributed by atoms with E-state index in [-0.39, 0.29) is 17.9 Å². The van der Waals surface area contributed by atoms with Gasteiger partial charge in [0.2, 0.25) is 0 Å². The van der Waals surface area contributed by atoms with E-state index in [1.807, 2.05) is 12.1 Å². The highest BCUT2D eigenvalue weighted by Crippen LogP contribution is 2.31. The van der Waals surface area contributed by atoms with E-state index < -0.39 is 12.0 Å². The molecule has 1 aliphatic heterocycles. The average Bonchev–Trinajstić information content (AvgIpc) is 3.10. The fourth-order valence-electron chi connectivity index (χ4n) is 3.68. The molecular formula is C24H21BrN2O5S. The molecule has 0 spiro atoms. The number of thiazole rings is 1. The lowest BCUT2D eigenvalue weighted by molar-refractivity contribution is -0.139. The number of allylic oxidation sites excluding steroid dienone is 1. The summed E-state index contributed by atoms with van der Waals surface area (Å²) in [7, 11) is 1.57. The molecule has 0 fully saturated rings. The highest BCUT2D eigenvalue weighted by Gasteiger charge is 2.33. The number of rotatable bonds is 5. The molecule has 0 unspecified atom stereocenters. The summed E-state index contributed by atoms with van der Waals surface area (Å²) in [6, 6.07) is 11.5. The number of carbonyl (C=O) groups is 1. The number of esters is 1. The zero-order chi connectivity index (χ0) is 23.7. The van der Waals surface area contributed by atoms with Crippen LogP contribution in [0.3, 0.4) is 0 Å². The van der Waals surface area contributed by atoms with Crippen molar-refractivity contribution in [3.63, 3.8) is 0 Å². The van der Waals surface area contributed by atoms with Gasteiger partial charge in [-0.3, -0.25) is 9.36 Å². The predicted octanol–water partition coefficient (Wildman–Crippen LogP) is 3.28. The number of fused-ring (bicyclic) bond motifs is 1. The SMILES string of the molecule is CCOC(=O)C1=C(C)N=c2s/c(=C/c3cc(Br)ccc3O)c(=O)n2[C@@H]1c1ccc(OC)cc1. The predicted molar refractivity (Wildman–Crippen MR) is 129 cm³/mol. The third-order valence-corrected chi connectivity index (χ3v) is 6.70. The molecule has 3 aromatic rings. The first-order valence-electron chi connectivity index (χ1n) is 10.2. The Kier molecular flexibility index (Phi) is 6.53. The summed E-state index contributed by atoms with van der Waals surface area (Å²) < 4.78 is 13.2. The molecule has 0 saturated carbocycles. The lowest BCUT2D eigenvalue weighted by Crippen LogP contribution is -2.39. The van der Waals surface area contributed by atoms with Crippen LogP contribution in [0.4, 0.5) is 0 Å². The molecule has 0 amide bonds. The van der Waals surface area contributed by atoms with Crippen LogP contribution < -0.4 is 19.6 Å². The molecule has 0 saturated heterocycles. The number of nitrogens with zero attached hydrogens (tertiary/aromatic N) is 2. The summed E-state index contributed by atoms with van der Waals surface area (Å²) in [4.78, 5) is 31.4. The van der Waals surface area contributed by atoms with Crippen molar-refractivity contribution < 1.29 is 19.4 Å². The van der Waals surface area contributed by atoms with Crippen LogP contribution in [0, 0.1) is 0 Å². The Morgan fingerprint density at radius 1 is 1.27 bits per heavy atom. The Balaban J connectivity index is 1.96. The molecular weight excluding hydrogens is 508 g/mol. The number of aromatic hydroxyl groups is 1. The van der Waals surface area contributed by atoms with Gasteiger partial charge in [0.1, 0.15) is 11.5 Å². The first kappa shape index (κ1) is 23.0. The van der Waals surface area contributed by atoms with Gasteiger partial charge in [-0.15, -0.1) is 0 Å². The van der Waals surface area contributed by atoms with Gasteiger partial charge in [0.05, 0.1) is 35.6 Å². The lowest BCUT2D eigenvalue weighted by atomic mass is 9.96. The van der Waals surface area contributed by atoms with Crippen LogP contribution in [-0.2, 0) is 9.53 Å². The van der Waals surface area contributed by atoms with Crippen LogP contribution in [-0.4, -0.2) is 29.4 Å². The number of halogens is 1. The van der Waals surface area contributed by atoms with Gasteiger partial charge in [0, 0.05) is 10.0 Å². The van der Waals surface area contributed by atoms with Crippen molar-refractivity contribution >= 4 is 39.3 Å². The van der Waals surface area contributed by atoms with E-state index in [1.54, 1.807) is 57.4 Å². The molecule has 0 radical (unpaired) electrons. The van der Waals surface area contributed by atoms with E-state index in [1.165, 1.54) is 15.9 Å². The maximum absolute atomic E-state index is 13.5. The normalized spacial score (nSPS) is 15.8. The number of phenols is 1. The molecule has 1 aromatic heterocycles. The van der Waals surface area contributed by atoms with Gasteiger partial charge < -0.3 is 14.6 Å². The quantitative estimate of drug-likeness (QED) is 0.513. The van der Waals surface area contributed by atoms with E-state index in [2.05, 4.69) is 20.9 Å². The molecule has 1 N–H and O–H groups in total. The van der Waals surface area contributed by atoms with Gasteiger partial charge in [0.15, 0.2) is 4.80 Å². The topological polar surface area (TPSA) is 90.1 Å². The first-order valence-corrected chi connectivity index (χ1v) is 11.8. The van der Waals surface area contributed by atoms with E-state index in [0.717, 1.165) is 10.0 Å². The molecule has 2 heterocycles. The smallest absolute Gasteiger partial charge is 0.338 e. The largest absolute Gasteiger partial charge is 0.507 e. The van der Waals surface area contributed by atoms with Crippen molar-refractivity contribution in [2.45, 2.75) is 19.9 Å². The van der Waals surface area contributed by atoms with Crippen LogP contribution in [0.25, 0.3) is 6.08 Å². The second kappa shape index (κ2) is 9.36. The number of hydrogen-bond donors (Lipinski definition) is 1. The first-order chi connectivity index (χ1) is 15.8. The summed E-state index contributed by atoms with van der Waals surface area (Å²) in [5, 5.41) is 10.2.